The van der Waals surface area contributed by atoms with E-state index in [9.17, 15) is 10.2 Å². The maximum atomic E-state index is 9.53. The molecular weight excluding hydrogens is 406 g/mol. The van der Waals surface area contributed by atoms with Crippen molar-refractivity contribution in [2.75, 3.05) is 0 Å². The van der Waals surface area contributed by atoms with E-state index in [1.54, 1.807) is 27.7 Å². The van der Waals surface area contributed by atoms with E-state index >= 15 is 0 Å². The summed E-state index contributed by atoms with van der Waals surface area (Å²) in [5.41, 5.74) is 3.62. The Morgan fingerprint density at radius 1 is 0.889 bits per heavy atom. The van der Waals surface area contributed by atoms with E-state index in [0.29, 0.717) is 0 Å². The van der Waals surface area contributed by atoms with Gasteiger partial charge in [0.15, 0.2) is 0 Å². The van der Waals surface area contributed by atoms with Crippen LogP contribution < -0.4 is 10.2 Å². The van der Waals surface area contributed by atoms with Gasteiger partial charge < -0.3 is 10.2 Å². The van der Waals surface area contributed by atoms with Gasteiger partial charge in [0.05, 0.1) is 0 Å². The van der Waals surface area contributed by atoms with Crippen molar-refractivity contribution in [1.82, 2.24) is 0 Å². The molecule has 2 nitrogen and oxygen atoms in total. The van der Waals surface area contributed by atoms with Crippen molar-refractivity contribution in [2.24, 2.45) is 5.41 Å². The maximum Gasteiger partial charge on any atom is -0.0229 e. The van der Waals surface area contributed by atoms with Gasteiger partial charge in [-0.2, -0.15) is 0 Å². The topological polar surface area (TPSA) is 46.1 Å². The molecule has 0 radical (unpaired) electrons. The number of hydrogen-bond acceptors (Lipinski definition) is 2. The Morgan fingerprint density at radius 2 is 1.26 bits per heavy atom. The van der Waals surface area contributed by atoms with Gasteiger partial charge >= 0.3 is 46.0 Å². The molecule has 0 N–H and O–H groups in total. The average molecular weight is 455 g/mol. The molecule has 27 heavy (non-hydrogen) atoms. The van der Waals surface area contributed by atoms with Crippen molar-refractivity contribution in [2.45, 2.75) is 137 Å². The zero-order valence-electron chi connectivity index (χ0n) is 19.9. The van der Waals surface area contributed by atoms with Crippen molar-refractivity contribution in [3.63, 3.8) is 0 Å². The summed E-state index contributed by atoms with van der Waals surface area (Å²) in [6.45, 7) is 21.6. The van der Waals surface area contributed by atoms with Crippen LogP contribution in [-0.4, -0.2) is 29.2 Å². The molecule has 163 valence electrons. The van der Waals surface area contributed by atoms with Crippen molar-refractivity contribution in [1.29, 1.82) is 0 Å². The second-order valence-electron chi connectivity index (χ2n) is 8.72. The maximum absolute atomic E-state index is 9.53. The van der Waals surface area contributed by atoms with Gasteiger partial charge in [0, 0.05) is 0 Å². The second kappa shape index (κ2) is 20.8. The smallest absolute Gasteiger partial charge is 0.0229 e. The predicted molar refractivity (Wildman–Crippen MR) is 122 cm³/mol. The number of hydrogen-bond donors (Lipinski definition) is 0. The molecule has 1 rings (SSSR count). The van der Waals surface area contributed by atoms with E-state index in [4.69, 9.17) is 0 Å². The van der Waals surface area contributed by atoms with Crippen LogP contribution in [-0.2, 0) is 19.9 Å². The minimum Gasteiger partial charge on any atom is -0.116 e. The minimum absolute atomic E-state index is 0.417. The fraction of sp³-hybridized carbons (Fsp3) is 1.00. The summed E-state index contributed by atoms with van der Waals surface area (Å²) in [6, 6.07) is 0. The first kappa shape index (κ1) is 33.1. The van der Waals surface area contributed by atoms with E-state index in [1.807, 2.05) is 0 Å². The Labute approximate surface area is 187 Å². The standard InChI is InChI=1S/C13H27P.2C3H7O.C3H8P.Ti/c1-5-13(6-2)9-7-8-12(10-13)14-11(3)4;3*1-3(2)4;/h11-12,14H,5-10H2,1-4H3;2*3H,1-2H3;3-4H,1-2H3;/q;3*-1;+3. The van der Waals surface area contributed by atoms with E-state index in [1.165, 1.54) is 47.1 Å². The number of rotatable bonds is 5. The Bertz CT molecular complexity index is 283. The van der Waals surface area contributed by atoms with Gasteiger partial charge in [-0.3, -0.25) is 0 Å². The molecule has 0 aliphatic heterocycles. The molecule has 0 heterocycles. The SMILES string of the molecule is CC(C)[O-].CC(C)[O-].CC(C)[PH][Ti+2].CCC1(CC)CCCC(PC(C)C)C1. The third kappa shape index (κ3) is 27.5. The van der Waals surface area contributed by atoms with Gasteiger partial charge in [-0.05, 0) is 36.0 Å². The molecule has 3 atom stereocenters. The average Bonchev–Trinajstić information content (AvgIpc) is 2.53. The van der Waals surface area contributed by atoms with Crippen molar-refractivity contribution in [3.05, 3.63) is 0 Å². The quantitative estimate of drug-likeness (QED) is 0.385. The molecule has 0 amide bonds. The van der Waals surface area contributed by atoms with E-state index in [2.05, 4.69) is 61.5 Å². The van der Waals surface area contributed by atoms with Crippen LogP contribution in [0.3, 0.4) is 0 Å². The Hall–Kier alpha value is 1.49. The summed E-state index contributed by atoms with van der Waals surface area (Å²) in [7, 11) is 1.21. The molecule has 0 spiro atoms. The third-order valence-electron chi connectivity index (χ3n) is 4.30. The molecule has 3 unspecified atom stereocenters. The molecule has 1 aliphatic rings. The van der Waals surface area contributed by atoms with E-state index < -0.39 is 12.2 Å². The van der Waals surface area contributed by atoms with Gasteiger partial charge in [0.25, 0.3) is 0 Å². The van der Waals surface area contributed by atoms with Gasteiger partial charge in [-0.25, -0.2) is 0 Å². The van der Waals surface area contributed by atoms with Gasteiger partial charge in [-0.1, -0.05) is 74.7 Å². The molecular formula is C22H49O2P2Ti. The van der Waals surface area contributed by atoms with Crippen LogP contribution in [0.4, 0.5) is 0 Å². The monoisotopic (exact) mass is 455 g/mol. The van der Waals surface area contributed by atoms with Crippen LogP contribution in [0, 0.1) is 5.41 Å². The first-order valence-corrected chi connectivity index (χ1v) is 15.4. The zero-order chi connectivity index (χ0) is 22.0. The van der Waals surface area contributed by atoms with Gasteiger partial charge in [0.2, 0.25) is 0 Å². The summed E-state index contributed by atoms with van der Waals surface area (Å²) >= 11 is 2.23. The molecule has 0 aromatic heterocycles. The summed E-state index contributed by atoms with van der Waals surface area (Å²) in [5, 5.41) is 19.1. The molecule has 1 aliphatic carbocycles. The van der Waals surface area contributed by atoms with Crippen molar-refractivity contribution in [3.8, 4) is 0 Å². The van der Waals surface area contributed by atoms with Crippen LogP contribution in [0.1, 0.15) is 108 Å². The van der Waals surface area contributed by atoms with E-state index in [0.717, 1.165) is 29.0 Å². The summed E-state index contributed by atoms with van der Waals surface area (Å²) < 4.78 is 0. The third-order valence-corrected chi connectivity index (χ3v) is 9.21. The fourth-order valence-electron chi connectivity index (χ4n) is 2.96. The molecule has 1 fully saturated rings. The summed E-state index contributed by atoms with van der Waals surface area (Å²) in [6.07, 6.45) is 8.01. The normalized spacial score (nSPS) is 19.3. The largest absolute Gasteiger partial charge is 0.116 e. The molecule has 0 saturated heterocycles. The molecule has 0 bridgehead atoms. The van der Waals surface area contributed by atoms with Crippen LogP contribution >= 0.6 is 15.2 Å². The van der Waals surface area contributed by atoms with Crippen LogP contribution in [0.5, 0.6) is 0 Å². The molecule has 5 heteroatoms. The predicted octanol–water partition coefficient (Wildman–Crippen LogP) is 5.87. The fourth-order valence-corrected chi connectivity index (χ4v) is 4.82. The zero-order valence-corrected chi connectivity index (χ0v) is 23.5. The summed E-state index contributed by atoms with van der Waals surface area (Å²) in [4.78, 5) is 0. The van der Waals surface area contributed by atoms with Crippen LogP contribution in [0.15, 0.2) is 0 Å². The summed E-state index contributed by atoms with van der Waals surface area (Å²) in [5.74, 6) is 0. The second-order valence-corrected chi connectivity index (χ2v) is 13.8. The van der Waals surface area contributed by atoms with E-state index in [-0.39, 0.29) is 0 Å². The molecule has 0 aromatic rings. The van der Waals surface area contributed by atoms with Gasteiger partial charge in [-0.15, -0.1) is 20.8 Å². The van der Waals surface area contributed by atoms with Crippen LogP contribution in [0.25, 0.3) is 0 Å². The Kier molecular flexibility index (Phi) is 25.5. The molecule has 1 saturated carbocycles. The Balaban J connectivity index is -0.000000365. The Morgan fingerprint density at radius 3 is 1.52 bits per heavy atom. The van der Waals surface area contributed by atoms with Gasteiger partial charge in [0.1, 0.15) is 0 Å². The van der Waals surface area contributed by atoms with Crippen molar-refractivity contribution < 1.29 is 30.1 Å². The minimum atomic E-state index is -0.417. The first-order chi connectivity index (χ1) is 12.4. The van der Waals surface area contributed by atoms with Crippen molar-refractivity contribution >= 4 is 15.2 Å². The van der Waals surface area contributed by atoms with Crippen LogP contribution in [0.2, 0.25) is 0 Å². The first-order valence-electron chi connectivity index (χ1n) is 10.9. The molecule has 0 aromatic carbocycles.